The summed E-state index contributed by atoms with van der Waals surface area (Å²) in [5.41, 5.74) is -0.0656. The summed E-state index contributed by atoms with van der Waals surface area (Å²) < 4.78 is 21.0. The van der Waals surface area contributed by atoms with E-state index in [0.29, 0.717) is 43.4 Å². The molecule has 0 saturated carbocycles. The van der Waals surface area contributed by atoms with E-state index in [1.165, 1.54) is 0 Å². The summed E-state index contributed by atoms with van der Waals surface area (Å²) in [6, 6.07) is 5.31. The summed E-state index contributed by atoms with van der Waals surface area (Å²) in [5, 5.41) is 0. The molecule has 0 atom stereocenters. The first-order chi connectivity index (χ1) is 11.0. The fourth-order valence-corrected chi connectivity index (χ4v) is 2.61. The van der Waals surface area contributed by atoms with Crippen molar-refractivity contribution < 1.29 is 23.7 Å². The van der Waals surface area contributed by atoms with Crippen molar-refractivity contribution in [3.63, 3.8) is 0 Å². The van der Waals surface area contributed by atoms with E-state index in [0.717, 1.165) is 0 Å². The quantitative estimate of drug-likeness (QED) is 0.648. The molecule has 1 aliphatic heterocycles. The second-order valence-corrected chi connectivity index (χ2v) is 5.93. The van der Waals surface area contributed by atoms with E-state index in [2.05, 4.69) is 4.90 Å². The zero-order valence-corrected chi connectivity index (χ0v) is 14.3. The molecule has 0 radical (unpaired) electrons. The number of rotatable bonds is 9. The van der Waals surface area contributed by atoms with Crippen LogP contribution in [0, 0.1) is 0 Å². The lowest BCUT2D eigenvalue weighted by Gasteiger charge is -2.37. The predicted octanol–water partition coefficient (Wildman–Crippen LogP) is 1.97. The van der Waals surface area contributed by atoms with E-state index in [4.69, 9.17) is 18.9 Å². The number of hydrogen-bond donors (Lipinski definition) is 0. The van der Waals surface area contributed by atoms with E-state index in [-0.39, 0.29) is 12.6 Å². The van der Waals surface area contributed by atoms with Gasteiger partial charge in [-0.25, -0.2) is 0 Å². The van der Waals surface area contributed by atoms with Crippen LogP contribution in [0.15, 0.2) is 18.2 Å². The molecule has 1 aromatic carbocycles. The molecule has 0 spiro atoms. The van der Waals surface area contributed by atoms with Gasteiger partial charge in [0.15, 0.2) is 17.3 Å². The average Bonchev–Trinajstić information content (AvgIpc) is 3.01. The number of fused-ring (bicyclic) bond motifs is 1. The van der Waals surface area contributed by atoms with E-state index in [1.807, 2.05) is 13.8 Å². The predicted molar refractivity (Wildman–Crippen MR) is 86.3 cm³/mol. The number of ketones is 1. The van der Waals surface area contributed by atoms with Crippen LogP contribution in [0.2, 0.25) is 0 Å². The van der Waals surface area contributed by atoms with Gasteiger partial charge in [-0.05, 0) is 32.0 Å². The first-order valence-electron chi connectivity index (χ1n) is 7.68. The molecule has 2 rings (SSSR count). The molecule has 1 aromatic rings. The van der Waals surface area contributed by atoms with Gasteiger partial charge in [-0.3, -0.25) is 9.69 Å². The lowest BCUT2D eigenvalue weighted by atomic mass is 9.91. The first kappa shape index (κ1) is 17.7. The van der Waals surface area contributed by atoms with Crippen molar-refractivity contribution in [2.75, 3.05) is 47.3 Å². The Kier molecular flexibility index (Phi) is 5.98. The van der Waals surface area contributed by atoms with Crippen LogP contribution in [0.25, 0.3) is 0 Å². The lowest BCUT2D eigenvalue weighted by molar-refractivity contribution is 0.0417. The lowest BCUT2D eigenvalue weighted by Crippen LogP contribution is -2.52. The molecule has 0 saturated heterocycles. The molecule has 0 aromatic heterocycles. The molecule has 0 N–H and O–H groups in total. The van der Waals surface area contributed by atoms with Gasteiger partial charge in [0, 0.05) is 32.9 Å². The number of nitrogens with zero attached hydrogens (tertiary/aromatic N) is 1. The summed E-state index contributed by atoms with van der Waals surface area (Å²) in [4.78, 5) is 15.1. The first-order valence-corrected chi connectivity index (χ1v) is 7.68. The third-order valence-corrected chi connectivity index (χ3v) is 4.11. The monoisotopic (exact) mass is 323 g/mol. The number of hydrogen-bond acceptors (Lipinski definition) is 6. The minimum atomic E-state index is -0.676. The van der Waals surface area contributed by atoms with Gasteiger partial charge in [0.2, 0.25) is 6.79 Å². The Morgan fingerprint density at radius 3 is 2.35 bits per heavy atom. The Morgan fingerprint density at radius 1 is 1.13 bits per heavy atom. The van der Waals surface area contributed by atoms with Gasteiger partial charge in [0.05, 0.1) is 18.8 Å². The van der Waals surface area contributed by atoms with Crippen LogP contribution in [-0.2, 0) is 9.47 Å². The van der Waals surface area contributed by atoms with Crippen molar-refractivity contribution >= 4 is 5.78 Å². The molecule has 6 heteroatoms. The minimum absolute atomic E-state index is 0.0306. The van der Waals surface area contributed by atoms with Gasteiger partial charge < -0.3 is 18.9 Å². The van der Waals surface area contributed by atoms with E-state index < -0.39 is 5.54 Å². The van der Waals surface area contributed by atoms with Gasteiger partial charge in [-0.15, -0.1) is 0 Å². The van der Waals surface area contributed by atoms with Crippen LogP contribution in [0.1, 0.15) is 24.2 Å². The number of Topliss-reactive ketones (excluding diaryl/α,β-unsaturated/α-hetero) is 1. The summed E-state index contributed by atoms with van der Waals surface area (Å²) in [5.74, 6) is 1.32. The Morgan fingerprint density at radius 2 is 1.74 bits per heavy atom. The molecule has 23 heavy (non-hydrogen) atoms. The summed E-state index contributed by atoms with van der Waals surface area (Å²) >= 11 is 0. The van der Waals surface area contributed by atoms with E-state index in [9.17, 15) is 4.79 Å². The fourth-order valence-electron chi connectivity index (χ4n) is 2.61. The average molecular weight is 323 g/mol. The van der Waals surface area contributed by atoms with E-state index >= 15 is 0 Å². The number of ether oxygens (including phenoxy) is 4. The summed E-state index contributed by atoms with van der Waals surface area (Å²) in [7, 11) is 3.31. The number of carbonyl (C=O) groups is 1. The molecule has 0 amide bonds. The van der Waals surface area contributed by atoms with Crippen LogP contribution in [0.3, 0.4) is 0 Å². The second kappa shape index (κ2) is 7.77. The Balaban J connectivity index is 2.18. The van der Waals surface area contributed by atoms with Crippen molar-refractivity contribution in [3.05, 3.63) is 23.8 Å². The summed E-state index contributed by atoms with van der Waals surface area (Å²) in [6.07, 6.45) is 0. The van der Waals surface area contributed by atoms with Gasteiger partial charge in [0.25, 0.3) is 0 Å². The highest BCUT2D eigenvalue weighted by Crippen LogP contribution is 2.34. The number of methoxy groups -OCH3 is 2. The van der Waals surface area contributed by atoms with Crippen LogP contribution in [-0.4, -0.2) is 63.5 Å². The maximum Gasteiger partial charge on any atom is 0.231 e. The van der Waals surface area contributed by atoms with Crippen molar-refractivity contribution in [1.82, 2.24) is 4.90 Å². The van der Waals surface area contributed by atoms with Gasteiger partial charge >= 0.3 is 0 Å². The van der Waals surface area contributed by atoms with Crippen LogP contribution in [0.4, 0.5) is 0 Å². The third-order valence-electron chi connectivity index (χ3n) is 4.11. The molecule has 0 bridgehead atoms. The smallest absolute Gasteiger partial charge is 0.231 e. The molecule has 128 valence electrons. The molecular weight excluding hydrogens is 298 g/mol. The maximum atomic E-state index is 13.0. The zero-order valence-electron chi connectivity index (χ0n) is 14.3. The molecule has 0 aliphatic carbocycles. The number of benzene rings is 1. The van der Waals surface area contributed by atoms with Crippen molar-refractivity contribution in [2.45, 2.75) is 19.4 Å². The SMILES string of the molecule is COCCN(CCOC)C(C)(C)C(=O)c1ccc2c(c1)OCO2. The van der Waals surface area contributed by atoms with Crippen molar-refractivity contribution in [2.24, 2.45) is 0 Å². The Labute approximate surface area is 137 Å². The maximum absolute atomic E-state index is 13.0. The second-order valence-electron chi connectivity index (χ2n) is 5.93. The van der Waals surface area contributed by atoms with Gasteiger partial charge in [0.1, 0.15) is 0 Å². The Bertz CT molecular complexity index is 536. The highest BCUT2D eigenvalue weighted by molar-refractivity contribution is 6.03. The number of carbonyl (C=O) groups excluding carboxylic acids is 1. The largest absolute Gasteiger partial charge is 0.454 e. The molecule has 1 aliphatic rings. The standard InChI is InChI=1S/C17H25NO5/c1-17(2,18(7-9-20-3)8-10-21-4)16(19)13-5-6-14-15(11-13)23-12-22-14/h5-6,11H,7-10,12H2,1-4H3. The van der Waals surface area contributed by atoms with Gasteiger partial charge in [-0.2, -0.15) is 0 Å². The van der Waals surface area contributed by atoms with E-state index in [1.54, 1.807) is 32.4 Å². The van der Waals surface area contributed by atoms with Crippen molar-refractivity contribution in [1.29, 1.82) is 0 Å². The van der Waals surface area contributed by atoms with Crippen LogP contribution < -0.4 is 9.47 Å². The minimum Gasteiger partial charge on any atom is -0.454 e. The molecule has 0 fully saturated rings. The molecule has 1 heterocycles. The highest BCUT2D eigenvalue weighted by atomic mass is 16.7. The van der Waals surface area contributed by atoms with Crippen LogP contribution in [0.5, 0.6) is 11.5 Å². The topological polar surface area (TPSA) is 57.2 Å². The zero-order chi connectivity index (χ0) is 16.9. The van der Waals surface area contributed by atoms with Gasteiger partial charge in [-0.1, -0.05) is 0 Å². The molecule has 6 nitrogen and oxygen atoms in total. The molecular formula is C17H25NO5. The third kappa shape index (κ3) is 4.02. The van der Waals surface area contributed by atoms with Crippen molar-refractivity contribution in [3.8, 4) is 11.5 Å². The fraction of sp³-hybridized carbons (Fsp3) is 0.588. The Hall–Kier alpha value is -1.63. The highest BCUT2D eigenvalue weighted by Gasteiger charge is 2.35. The normalized spacial score (nSPS) is 13.6. The molecule has 0 unspecified atom stereocenters. The van der Waals surface area contributed by atoms with Crippen LogP contribution >= 0.6 is 0 Å². The summed E-state index contributed by atoms with van der Waals surface area (Å²) in [6.45, 7) is 6.47.